The van der Waals surface area contributed by atoms with E-state index in [2.05, 4.69) is 0 Å². The Labute approximate surface area is 143 Å². The molecule has 0 fully saturated rings. The Kier molecular flexibility index (Phi) is 9.48. The van der Waals surface area contributed by atoms with Crippen LogP contribution >= 0.6 is 0 Å². The Morgan fingerprint density at radius 2 is 0.522 bits per heavy atom. The lowest BCUT2D eigenvalue weighted by Gasteiger charge is -2.40. The Morgan fingerprint density at radius 3 is 0.652 bits per heavy atom. The predicted octanol–water partition coefficient (Wildman–Crippen LogP) is 1.19. The molecule has 0 unspecified atom stereocenters. The SMILES string of the molecule is CO[Si](C)(OC)O[Si](C)(O[Si](C)(OC)OC)O[Si](C)(OC)OC. The fourth-order valence-electron chi connectivity index (χ4n) is 1.57. The van der Waals surface area contributed by atoms with Gasteiger partial charge in [-0.1, -0.05) is 0 Å². The molecule has 0 bridgehead atoms. The van der Waals surface area contributed by atoms with E-state index in [0.717, 1.165) is 0 Å². The van der Waals surface area contributed by atoms with Crippen LogP contribution < -0.4 is 0 Å². The quantitative estimate of drug-likeness (QED) is 0.444. The summed E-state index contributed by atoms with van der Waals surface area (Å²) in [6.07, 6.45) is 0. The summed E-state index contributed by atoms with van der Waals surface area (Å²) in [4.78, 5) is 0. The highest BCUT2D eigenvalue weighted by Gasteiger charge is 2.56. The summed E-state index contributed by atoms with van der Waals surface area (Å²) in [6.45, 7) is 6.93. The Hall–Kier alpha value is 0.508. The van der Waals surface area contributed by atoms with Crippen LogP contribution in [0.4, 0.5) is 0 Å². The molecule has 0 N–H and O–H groups in total. The van der Waals surface area contributed by atoms with Gasteiger partial charge in [-0.05, 0) is 0 Å². The predicted molar refractivity (Wildman–Crippen MR) is 91.8 cm³/mol. The molecule has 0 aromatic heterocycles. The lowest BCUT2D eigenvalue weighted by Crippen LogP contribution is -2.64. The zero-order valence-electron chi connectivity index (χ0n) is 15.7. The summed E-state index contributed by atoms with van der Waals surface area (Å²) in [5, 5.41) is 0. The first kappa shape index (κ1) is 23.5. The minimum atomic E-state index is -3.35. The highest BCUT2D eigenvalue weighted by Crippen LogP contribution is 2.26. The molecule has 9 nitrogen and oxygen atoms in total. The van der Waals surface area contributed by atoms with Gasteiger partial charge in [-0.3, -0.25) is 0 Å². The Morgan fingerprint density at radius 1 is 0.348 bits per heavy atom. The largest absolute Gasteiger partial charge is 0.489 e. The van der Waals surface area contributed by atoms with Gasteiger partial charge in [0, 0.05) is 68.8 Å². The molecular formula is C10H30O9Si4. The van der Waals surface area contributed by atoms with Gasteiger partial charge in [-0.15, -0.1) is 0 Å². The van der Waals surface area contributed by atoms with Gasteiger partial charge in [-0.2, -0.15) is 0 Å². The molecule has 23 heavy (non-hydrogen) atoms. The molecule has 0 saturated carbocycles. The second-order valence-electron chi connectivity index (χ2n) is 4.98. The van der Waals surface area contributed by atoms with E-state index < -0.39 is 35.2 Å². The average molecular weight is 407 g/mol. The van der Waals surface area contributed by atoms with Gasteiger partial charge in [0.25, 0.3) is 0 Å². The highest BCUT2D eigenvalue weighted by atomic mass is 28.5. The molecule has 0 atom stereocenters. The second kappa shape index (κ2) is 9.27. The number of hydrogen-bond donors (Lipinski definition) is 0. The molecule has 0 amide bonds. The molecule has 0 aromatic carbocycles. The van der Waals surface area contributed by atoms with Crippen LogP contribution in [-0.4, -0.2) is 77.9 Å². The topological polar surface area (TPSA) is 83.1 Å². The van der Waals surface area contributed by atoms with E-state index in [9.17, 15) is 0 Å². The molecule has 0 spiro atoms. The fraction of sp³-hybridized carbons (Fsp3) is 1.00. The zero-order valence-corrected chi connectivity index (χ0v) is 19.7. The highest BCUT2D eigenvalue weighted by molar-refractivity contribution is 6.84. The monoisotopic (exact) mass is 406 g/mol. The van der Waals surface area contributed by atoms with Crippen molar-refractivity contribution in [1.29, 1.82) is 0 Å². The van der Waals surface area contributed by atoms with E-state index in [1.807, 2.05) is 0 Å². The lowest BCUT2D eigenvalue weighted by molar-refractivity contribution is 0.0703. The van der Waals surface area contributed by atoms with Crippen molar-refractivity contribution in [3.05, 3.63) is 0 Å². The van der Waals surface area contributed by atoms with Crippen LogP contribution in [0.15, 0.2) is 0 Å². The maximum absolute atomic E-state index is 6.06. The van der Waals surface area contributed by atoms with Crippen molar-refractivity contribution in [2.24, 2.45) is 0 Å². The van der Waals surface area contributed by atoms with Crippen molar-refractivity contribution in [3.8, 4) is 0 Å². The van der Waals surface area contributed by atoms with Crippen LogP contribution in [0.25, 0.3) is 0 Å². The summed E-state index contributed by atoms with van der Waals surface area (Å²) in [5.74, 6) is 0. The molecular weight excluding hydrogens is 376 g/mol. The van der Waals surface area contributed by atoms with E-state index in [1.165, 1.54) is 42.7 Å². The first-order chi connectivity index (χ1) is 10.5. The van der Waals surface area contributed by atoms with Gasteiger partial charge < -0.3 is 38.9 Å². The molecule has 140 valence electrons. The minimum absolute atomic E-state index is 1.51. The van der Waals surface area contributed by atoms with E-state index in [0.29, 0.717) is 0 Å². The zero-order chi connectivity index (χ0) is 18.4. The van der Waals surface area contributed by atoms with Crippen LogP contribution in [-0.2, 0) is 38.9 Å². The molecule has 0 radical (unpaired) electrons. The van der Waals surface area contributed by atoms with Crippen molar-refractivity contribution in [2.75, 3.05) is 42.7 Å². The Bertz CT molecular complexity index is 297. The molecule has 0 aromatic rings. The molecule has 0 aliphatic rings. The van der Waals surface area contributed by atoms with Crippen LogP contribution in [0.2, 0.25) is 26.2 Å². The van der Waals surface area contributed by atoms with Crippen LogP contribution in [0.3, 0.4) is 0 Å². The van der Waals surface area contributed by atoms with E-state index >= 15 is 0 Å². The smallest absolute Gasteiger partial charge is 0.377 e. The molecule has 0 saturated heterocycles. The summed E-state index contributed by atoms with van der Waals surface area (Å²) in [6, 6.07) is 0. The van der Waals surface area contributed by atoms with E-state index in [1.54, 1.807) is 26.2 Å². The van der Waals surface area contributed by atoms with Gasteiger partial charge >= 0.3 is 35.2 Å². The van der Waals surface area contributed by atoms with Gasteiger partial charge in [0.1, 0.15) is 0 Å². The van der Waals surface area contributed by atoms with Gasteiger partial charge in [0.05, 0.1) is 0 Å². The maximum Gasteiger partial charge on any atom is 0.489 e. The summed E-state index contributed by atoms with van der Waals surface area (Å²) < 4.78 is 50.5. The van der Waals surface area contributed by atoms with Gasteiger partial charge in [0.2, 0.25) is 0 Å². The third kappa shape index (κ3) is 7.10. The van der Waals surface area contributed by atoms with Crippen molar-refractivity contribution < 1.29 is 38.9 Å². The van der Waals surface area contributed by atoms with Crippen molar-refractivity contribution in [1.82, 2.24) is 0 Å². The fourth-order valence-corrected chi connectivity index (χ4v) is 13.8. The van der Waals surface area contributed by atoms with Crippen molar-refractivity contribution in [2.45, 2.75) is 26.2 Å². The normalized spacial score (nSPS) is 14.3. The first-order valence-corrected chi connectivity index (χ1v) is 15.8. The first-order valence-electron chi connectivity index (χ1n) is 6.90. The molecule has 13 heteroatoms. The van der Waals surface area contributed by atoms with Gasteiger partial charge in [-0.25, -0.2) is 0 Å². The summed E-state index contributed by atoms with van der Waals surface area (Å²) in [5.41, 5.74) is 0. The Balaban J connectivity index is 5.59. The maximum atomic E-state index is 6.06. The molecule has 0 heterocycles. The summed E-state index contributed by atoms with van der Waals surface area (Å²) >= 11 is 0. The average Bonchev–Trinajstić information content (AvgIpc) is 2.53. The molecule has 0 aliphatic carbocycles. The lowest BCUT2D eigenvalue weighted by atomic mass is 11.8. The number of hydrogen-bond acceptors (Lipinski definition) is 9. The van der Waals surface area contributed by atoms with Crippen LogP contribution in [0.1, 0.15) is 0 Å². The summed E-state index contributed by atoms with van der Waals surface area (Å²) in [7, 11) is -3.13. The van der Waals surface area contributed by atoms with E-state index in [-0.39, 0.29) is 0 Å². The van der Waals surface area contributed by atoms with Crippen LogP contribution in [0, 0.1) is 0 Å². The molecule has 0 rings (SSSR count). The standard InChI is InChI=1S/C10H30O9Si4/c1-11-20(7,12-2)17-23(10,18-21(8,13-3)14-4)19-22(9,15-5)16-6/h1-10H3. The minimum Gasteiger partial charge on any atom is -0.377 e. The van der Waals surface area contributed by atoms with E-state index in [4.69, 9.17) is 38.9 Å². The second-order valence-corrected chi connectivity index (χ2v) is 16.8. The number of rotatable bonds is 12. The molecule has 0 aliphatic heterocycles. The van der Waals surface area contributed by atoms with Gasteiger partial charge in [0.15, 0.2) is 0 Å². The van der Waals surface area contributed by atoms with Crippen molar-refractivity contribution in [3.63, 3.8) is 0 Å². The third-order valence-electron chi connectivity index (χ3n) is 3.34. The van der Waals surface area contributed by atoms with Crippen LogP contribution in [0.5, 0.6) is 0 Å². The van der Waals surface area contributed by atoms with Crippen molar-refractivity contribution >= 4 is 35.2 Å². The third-order valence-corrected chi connectivity index (χ3v) is 16.7.